The molecular weight excluding hydrogens is 222 g/mol. The van der Waals surface area contributed by atoms with E-state index in [1.165, 1.54) is 19.3 Å². The lowest BCUT2D eigenvalue weighted by atomic mass is 9.73. The second-order valence-corrected chi connectivity index (χ2v) is 5.86. The molecule has 3 nitrogen and oxygen atoms in total. The van der Waals surface area contributed by atoms with E-state index in [1.807, 2.05) is 11.6 Å². The number of aromatic nitrogens is 2. The van der Waals surface area contributed by atoms with Gasteiger partial charge in [0.25, 0.3) is 0 Å². The highest BCUT2D eigenvalue weighted by Crippen LogP contribution is 2.45. The molecule has 16 heavy (non-hydrogen) atoms. The average Bonchev–Trinajstić information content (AvgIpc) is 2.46. The van der Waals surface area contributed by atoms with E-state index < -0.39 is 0 Å². The van der Waals surface area contributed by atoms with Crippen LogP contribution in [0.4, 0.5) is 5.82 Å². The van der Waals surface area contributed by atoms with Gasteiger partial charge >= 0.3 is 0 Å². The number of nitrogen functional groups attached to an aromatic ring is 1. The molecule has 1 aromatic heterocycles. The molecule has 4 heteroatoms. The third kappa shape index (κ3) is 1.81. The van der Waals surface area contributed by atoms with Crippen molar-refractivity contribution in [1.29, 1.82) is 0 Å². The van der Waals surface area contributed by atoms with Crippen molar-refractivity contribution in [2.24, 2.45) is 5.41 Å². The Morgan fingerprint density at radius 1 is 1.44 bits per heavy atom. The highest BCUT2D eigenvalue weighted by Gasteiger charge is 2.35. The largest absolute Gasteiger partial charge is 0.383 e. The second-order valence-electron chi connectivity index (χ2n) is 5.48. The van der Waals surface area contributed by atoms with Gasteiger partial charge in [-0.1, -0.05) is 38.3 Å². The van der Waals surface area contributed by atoms with E-state index in [2.05, 4.69) is 18.9 Å². The summed E-state index contributed by atoms with van der Waals surface area (Å²) in [7, 11) is 0. The van der Waals surface area contributed by atoms with Crippen molar-refractivity contribution in [3.63, 3.8) is 0 Å². The average molecular weight is 242 g/mol. The Hall–Kier alpha value is -0.700. The van der Waals surface area contributed by atoms with Crippen LogP contribution in [-0.4, -0.2) is 9.78 Å². The lowest BCUT2D eigenvalue weighted by Crippen LogP contribution is -2.31. The highest BCUT2D eigenvalue weighted by atomic mass is 35.5. The number of anilines is 1. The molecule has 2 rings (SSSR count). The molecule has 0 aromatic carbocycles. The van der Waals surface area contributed by atoms with Crippen molar-refractivity contribution < 1.29 is 0 Å². The maximum atomic E-state index is 6.10. The first-order valence-corrected chi connectivity index (χ1v) is 6.31. The summed E-state index contributed by atoms with van der Waals surface area (Å²) < 4.78 is 1.94. The molecule has 1 aromatic rings. The maximum absolute atomic E-state index is 6.10. The predicted octanol–water partition coefficient (Wildman–Crippen LogP) is 3.57. The van der Waals surface area contributed by atoms with Crippen molar-refractivity contribution in [3.05, 3.63) is 10.7 Å². The second kappa shape index (κ2) is 3.95. The van der Waals surface area contributed by atoms with Crippen LogP contribution in [0.2, 0.25) is 5.02 Å². The molecule has 1 aliphatic carbocycles. The van der Waals surface area contributed by atoms with E-state index >= 15 is 0 Å². The first-order valence-electron chi connectivity index (χ1n) is 5.93. The number of halogens is 1. The zero-order valence-electron chi connectivity index (χ0n) is 10.3. The van der Waals surface area contributed by atoms with Crippen LogP contribution in [0.3, 0.4) is 0 Å². The summed E-state index contributed by atoms with van der Waals surface area (Å²) in [6, 6.07) is 0.382. The number of nitrogens with two attached hydrogens (primary N) is 1. The van der Waals surface area contributed by atoms with E-state index in [0.717, 1.165) is 12.1 Å². The molecule has 1 aliphatic rings. The quantitative estimate of drug-likeness (QED) is 0.817. The fourth-order valence-corrected chi connectivity index (χ4v) is 2.84. The van der Waals surface area contributed by atoms with Crippen LogP contribution in [-0.2, 0) is 0 Å². The topological polar surface area (TPSA) is 43.8 Å². The van der Waals surface area contributed by atoms with Crippen molar-refractivity contribution >= 4 is 17.4 Å². The first-order chi connectivity index (χ1) is 7.43. The summed E-state index contributed by atoms with van der Waals surface area (Å²) in [4.78, 5) is 0. The van der Waals surface area contributed by atoms with Gasteiger partial charge in [0.2, 0.25) is 0 Å². The van der Waals surface area contributed by atoms with Crippen molar-refractivity contribution in [2.45, 2.75) is 52.5 Å². The van der Waals surface area contributed by atoms with Gasteiger partial charge in [0.15, 0.2) is 0 Å². The van der Waals surface area contributed by atoms with Gasteiger partial charge in [-0.3, -0.25) is 0 Å². The third-order valence-corrected chi connectivity index (χ3v) is 4.26. The van der Waals surface area contributed by atoms with Crippen LogP contribution < -0.4 is 5.73 Å². The van der Waals surface area contributed by atoms with E-state index in [0.29, 0.717) is 16.9 Å². The van der Waals surface area contributed by atoms with Gasteiger partial charge in [-0.15, -0.1) is 0 Å². The Balaban J connectivity index is 2.39. The van der Waals surface area contributed by atoms with Gasteiger partial charge in [0.05, 0.1) is 11.7 Å². The standard InChI is InChI=1S/C12H20ClN3/c1-8-10(13)11(14)16(15-8)9-6-4-5-7-12(9,2)3/h9H,4-7,14H2,1-3H3. The lowest BCUT2D eigenvalue weighted by molar-refractivity contribution is 0.135. The number of hydrogen-bond donors (Lipinski definition) is 1. The molecule has 1 saturated carbocycles. The monoisotopic (exact) mass is 241 g/mol. The minimum Gasteiger partial charge on any atom is -0.383 e. The first kappa shape index (κ1) is 11.8. The van der Waals surface area contributed by atoms with E-state index in [4.69, 9.17) is 17.3 Å². The summed E-state index contributed by atoms with van der Waals surface area (Å²) in [6.45, 7) is 6.49. The minimum absolute atomic E-state index is 0.258. The van der Waals surface area contributed by atoms with Crippen LogP contribution in [0.15, 0.2) is 0 Å². The van der Waals surface area contributed by atoms with Crippen LogP contribution in [0, 0.1) is 12.3 Å². The number of aryl methyl sites for hydroxylation is 1. The van der Waals surface area contributed by atoms with Gasteiger partial charge in [-0.25, -0.2) is 4.68 Å². The molecule has 0 spiro atoms. The van der Waals surface area contributed by atoms with Crippen molar-refractivity contribution in [1.82, 2.24) is 9.78 Å². The van der Waals surface area contributed by atoms with Gasteiger partial charge in [-0.05, 0) is 25.2 Å². The molecule has 1 heterocycles. The molecule has 0 radical (unpaired) electrons. The molecule has 1 unspecified atom stereocenters. The summed E-state index contributed by atoms with van der Waals surface area (Å²) in [6.07, 6.45) is 4.93. The zero-order valence-corrected chi connectivity index (χ0v) is 11.0. The Morgan fingerprint density at radius 3 is 2.62 bits per heavy atom. The number of hydrogen-bond acceptors (Lipinski definition) is 2. The van der Waals surface area contributed by atoms with E-state index in [-0.39, 0.29) is 5.41 Å². The Kier molecular flexibility index (Phi) is 2.91. The van der Waals surface area contributed by atoms with Gasteiger partial charge < -0.3 is 5.73 Å². The smallest absolute Gasteiger partial charge is 0.141 e. The van der Waals surface area contributed by atoms with Gasteiger partial charge in [0, 0.05) is 0 Å². The molecule has 2 N–H and O–H groups in total. The van der Waals surface area contributed by atoms with Crippen LogP contribution in [0.25, 0.3) is 0 Å². The molecule has 0 amide bonds. The van der Waals surface area contributed by atoms with E-state index in [9.17, 15) is 0 Å². The fourth-order valence-electron chi connectivity index (χ4n) is 2.71. The number of rotatable bonds is 1. The molecule has 0 aliphatic heterocycles. The van der Waals surface area contributed by atoms with Crippen LogP contribution in [0.5, 0.6) is 0 Å². The van der Waals surface area contributed by atoms with Crippen LogP contribution in [0.1, 0.15) is 51.3 Å². The molecule has 0 saturated heterocycles. The summed E-state index contributed by atoms with van der Waals surface area (Å²) in [5.74, 6) is 0.624. The molecule has 1 fully saturated rings. The maximum Gasteiger partial charge on any atom is 0.141 e. The Morgan fingerprint density at radius 2 is 2.12 bits per heavy atom. The SMILES string of the molecule is Cc1nn(C2CCCCC2(C)C)c(N)c1Cl. The van der Waals surface area contributed by atoms with Crippen molar-refractivity contribution in [2.75, 3.05) is 5.73 Å². The van der Waals surface area contributed by atoms with Crippen LogP contribution >= 0.6 is 11.6 Å². The van der Waals surface area contributed by atoms with Gasteiger partial charge in [0.1, 0.15) is 10.8 Å². The van der Waals surface area contributed by atoms with Crippen molar-refractivity contribution in [3.8, 4) is 0 Å². The molecular formula is C12H20ClN3. The lowest BCUT2D eigenvalue weighted by Gasteiger charge is -2.39. The predicted molar refractivity (Wildman–Crippen MR) is 67.7 cm³/mol. The minimum atomic E-state index is 0.258. The van der Waals surface area contributed by atoms with Gasteiger partial charge in [-0.2, -0.15) is 5.10 Å². The summed E-state index contributed by atoms with van der Waals surface area (Å²) >= 11 is 6.10. The molecule has 0 bridgehead atoms. The Labute approximate surface area is 102 Å². The Bertz CT molecular complexity index is 395. The fraction of sp³-hybridized carbons (Fsp3) is 0.750. The molecule has 90 valence electrons. The van der Waals surface area contributed by atoms with E-state index in [1.54, 1.807) is 0 Å². The molecule has 1 atom stereocenters. The highest BCUT2D eigenvalue weighted by molar-refractivity contribution is 6.33. The summed E-state index contributed by atoms with van der Waals surface area (Å²) in [5.41, 5.74) is 7.12. The normalized spacial score (nSPS) is 24.6. The number of nitrogens with zero attached hydrogens (tertiary/aromatic N) is 2. The third-order valence-electron chi connectivity index (χ3n) is 3.79. The summed E-state index contributed by atoms with van der Waals surface area (Å²) in [5, 5.41) is 5.10. The zero-order chi connectivity index (χ0) is 11.9.